The topological polar surface area (TPSA) is 111 Å². The van der Waals surface area contributed by atoms with Crippen LogP contribution in [0.25, 0.3) is 0 Å². The highest BCUT2D eigenvalue weighted by atomic mass is 16.6. The third-order valence-electron chi connectivity index (χ3n) is 1.99. The number of hydrogen-bond donors (Lipinski definition) is 0. The maximum absolute atomic E-state index is 11.0. The van der Waals surface area contributed by atoms with Crippen molar-refractivity contribution in [3.8, 4) is 0 Å². The second-order valence-electron chi connectivity index (χ2n) is 3.46. The molecule has 0 saturated carbocycles. The van der Waals surface area contributed by atoms with Crippen LogP contribution >= 0.6 is 0 Å². The molecule has 0 amide bonds. The maximum atomic E-state index is 11.0. The highest BCUT2D eigenvalue weighted by Crippen LogP contribution is 1.87. The lowest BCUT2D eigenvalue weighted by Gasteiger charge is -1.96. The van der Waals surface area contributed by atoms with Gasteiger partial charge in [0.1, 0.15) is 0 Å². The normalized spacial score (nSPS) is 10.7. The predicted molar refractivity (Wildman–Crippen MR) is 69.5 cm³/mol. The summed E-state index contributed by atoms with van der Waals surface area (Å²) in [7, 11) is 0. The molecule has 0 aliphatic rings. The number of ketones is 4. The molecule has 0 aliphatic carbocycles. The number of rotatable bonds is 11. The van der Waals surface area contributed by atoms with Gasteiger partial charge in [-0.1, -0.05) is 24.2 Å². The van der Waals surface area contributed by atoms with Crippen LogP contribution in [0, 0.1) is 0 Å². The molecule has 0 saturated heterocycles. The molecular formula is C12H16N2O6. The van der Waals surface area contributed by atoms with Crippen LogP contribution < -0.4 is 0 Å². The van der Waals surface area contributed by atoms with Gasteiger partial charge in [0.25, 0.3) is 0 Å². The van der Waals surface area contributed by atoms with Crippen molar-refractivity contribution in [1.82, 2.24) is 0 Å². The third-order valence-corrected chi connectivity index (χ3v) is 1.99. The highest BCUT2D eigenvalue weighted by molar-refractivity contribution is 6.38. The molecule has 0 radical (unpaired) electrons. The fourth-order valence-corrected chi connectivity index (χ4v) is 0.888. The summed E-state index contributed by atoms with van der Waals surface area (Å²) < 4.78 is 0. The van der Waals surface area contributed by atoms with E-state index in [2.05, 4.69) is 20.0 Å². The van der Waals surface area contributed by atoms with Crippen LogP contribution in [-0.4, -0.2) is 48.8 Å². The highest BCUT2D eigenvalue weighted by Gasteiger charge is 2.11. The van der Waals surface area contributed by atoms with Crippen LogP contribution in [0.5, 0.6) is 0 Å². The van der Waals surface area contributed by atoms with E-state index in [1.165, 1.54) is 0 Å². The second-order valence-corrected chi connectivity index (χ2v) is 3.46. The molecule has 8 nitrogen and oxygen atoms in total. The van der Waals surface area contributed by atoms with Gasteiger partial charge in [-0.05, 0) is 0 Å². The summed E-state index contributed by atoms with van der Waals surface area (Å²) in [6.45, 7) is 2.25. The summed E-state index contributed by atoms with van der Waals surface area (Å²) in [5.74, 6) is -2.39. The zero-order valence-corrected chi connectivity index (χ0v) is 11.3. The minimum Gasteiger partial charge on any atom is -0.387 e. The first-order chi connectivity index (χ1) is 9.52. The summed E-state index contributed by atoms with van der Waals surface area (Å²) in [6.07, 6.45) is 2.36. The van der Waals surface area contributed by atoms with Crippen molar-refractivity contribution in [3.63, 3.8) is 0 Å². The zero-order chi connectivity index (χ0) is 15.4. The van der Waals surface area contributed by atoms with Crippen molar-refractivity contribution < 1.29 is 28.9 Å². The van der Waals surface area contributed by atoms with Gasteiger partial charge in [0, 0.05) is 12.8 Å². The van der Waals surface area contributed by atoms with Gasteiger partial charge in [-0.25, -0.2) is 0 Å². The van der Waals surface area contributed by atoms with Gasteiger partial charge in [-0.15, -0.1) is 0 Å². The fraction of sp³-hybridized carbons (Fsp3) is 0.500. The fourth-order valence-electron chi connectivity index (χ4n) is 0.888. The third kappa shape index (κ3) is 7.85. The summed E-state index contributed by atoms with van der Waals surface area (Å²) in [4.78, 5) is 52.8. The summed E-state index contributed by atoms with van der Waals surface area (Å²) in [6, 6.07) is 0. The van der Waals surface area contributed by atoms with Gasteiger partial charge in [0.05, 0.1) is 12.4 Å². The van der Waals surface area contributed by atoms with Crippen molar-refractivity contribution in [3.05, 3.63) is 0 Å². The Kier molecular flexibility index (Phi) is 9.28. The molecule has 0 atom stereocenters. The van der Waals surface area contributed by atoms with Crippen LogP contribution in [-0.2, 0) is 28.9 Å². The standard InChI is InChI=1S/C12H16N2O6/c1-3-9(15)11(17)7-19-13-5-6-14-20-8-12(18)10(16)4-2/h5-6H,3-4,7-8H2,1-2H3/b13-5+,14-6+. The minimum atomic E-state index is -0.665. The van der Waals surface area contributed by atoms with E-state index in [4.69, 9.17) is 0 Å². The Morgan fingerprint density at radius 2 is 1.10 bits per heavy atom. The van der Waals surface area contributed by atoms with Gasteiger partial charge >= 0.3 is 0 Å². The molecule has 0 fully saturated rings. The molecular weight excluding hydrogens is 268 g/mol. The Morgan fingerprint density at radius 1 is 0.750 bits per heavy atom. The first-order valence-corrected chi connectivity index (χ1v) is 5.94. The lowest BCUT2D eigenvalue weighted by molar-refractivity contribution is -0.139. The molecule has 0 aromatic rings. The molecule has 0 aromatic carbocycles. The number of carbonyl (C=O) groups is 4. The maximum Gasteiger partial charge on any atom is 0.238 e. The second kappa shape index (κ2) is 10.5. The first kappa shape index (κ1) is 17.6. The number of carbonyl (C=O) groups excluding carboxylic acids is 4. The Hall–Kier alpha value is -2.38. The zero-order valence-electron chi connectivity index (χ0n) is 11.3. The van der Waals surface area contributed by atoms with Crippen molar-refractivity contribution in [2.75, 3.05) is 13.2 Å². The molecule has 0 heterocycles. The molecule has 0 N–H and O–H groups in total. The van der Waals surface area contributed by atoms with E-state index in [1.54, 1.807) is 13.8 Å². The van der Waals surface area contributed by atoms with E-state index in [9.17, 15) is 19.2 Å². The number of Topliss-reactive ketones (excluding diaryl/α,β-unsaturated/α-hetero) is 4. The van der Waals surface area contributed by atoms with Crippen molar-refractivity contribution in [1.29, 1.82) is 0 Å². The molecule has 0 rings (SSSR count). The van der Waals surface area contributed by atoms with Crippen LogP contribution in [0.3, 0.4) is 0 Å². The van der Waals surface area contributed by atoms with Crippen molar-refractivity contribution >= 4 is 35.6 Å². The van der Waals surface area contributed by atoms with Crippen molar-refractivity contribution in [2.24, 2.45) is 10.3 Å². The quantitative estimate of drug-likeness (QED) is 0.302. The molecule has 8 heteroatoms. The van der Waals surface area contributed by atoms with Crippen LogP contribution in [0.1, 0.15) is 26.7 Å². The number of oxime groups is 2. The van der Waals surface area contributed by atoms with E-state index in [0.717, 1.165) is 12.4 Å². The van der Waals surface area contributed by atoms with E-state index in [-0.39, 0.29) is 12.8 Å². The lowest BCUT2D eigenvalue weighted by atomic mass is 10.2. The molecule has 0 unspecified atom stereocenters. The van der Waals surface area contributed by atoms with Gasteiger partial charge in [0.15, 0.2) is 13.2 Å². The Bertz CT molecular complexity index is 388. The molecule has 110 valence electrons. The van der Waals surface area contributed by atoms with Crippen molar-refractivity contribution in [2.45, 2.75) is 26.7 Å². The van der Waals surface area contributed by atoms with E-state index in [0.29, 0.717) is 0 Å². The Labute approximate surface area is 115 Å². The van der Waals surface area contributed by atoms with E-state index >= 15 is 0 Å². The average Bonchev–Trinajstić information content (AvgIpc) is 2.47. The Morgan fingerprint density at radius 3 is 1.40 bits per heavy atom. The number of hydrogen-bond acceptors (Lipinski definition) is 8. The van der Waals surface area contributed by atoms with Crippen LogP contribution in [0.2, 0.25) is 0 Å². The molecule has 0 bridgehead atoms. The molecule has 0 aromatic heterocycles. The summed E-state index contributed by atoms with van der Waals surface area (Å²) in [5, 5.41) is 6.63. The van der Waals surface area contributed by atoms with E-state index in [1.807, 2.05) is 0 Å². The summed E-state index contributed by atoms with van der Waals surface area (Å²) >= 11 is 0. The first-order valence-electron chi connectivity index (χ1n) is 5.94. The predicted octanol–water partition coefficient (Wildman–Crippen LogP) is 0.0876. The summed E-state index contributed by atoms with van der Waals surface area (Å²) in [5.41, 5.74) is 0. The van der Waals surface area contributed by atoms with E-state index < -0.39 is 36.3 Å². The molecule has 20 heavy (non-hydrogen) atoms. The van der Waals surface area contributed by atoms with Crippen LogP contribution in [0.15, 0.2) is 10.3 Å². The van der Waals surface area contributed by atoms with Gasteiger partial charge in [0.2, 0.25) is 23.1 Å². The van der Waals surface area contributed by atoms with Gasteiger partial charge in [-0.2, -0.15) is 0 Å². The smallest absolute Gasteiger partial charge is 0.238 e. The average molecular weight is 284 g/mol. The SMILES string of the molecule is CCC(=O)C(=O)CO/N=C/C=N/OCC(=O)C(=O)CC. The largest absolute Gasteiger partial charge is 0.387 e. The van der Waals surface area contributed by atoms with Crippen LogP contribution in [0.4, 0.5) is 0 Å². The van der Waals surface area contributed by atoms with Gasteiger partial charge in [-0.3, -0.25) is 19.2 Å². The minimum absolute atomic E-state index is 0.117. The molecule has 0 aliphatic heterocycles. The van der Waals surface area contributed by atoms with Gasteiger partial charge < -0.3 is 9.68 Å². The lowest BCUT2D eigenvalue weighted by Crippen LogP contribution is -2.17. The monoisotopic (exact) mass is 284 g/mol. The molecule has 0 spiro atoms. The number of nitrogens with zero attached hydrogens (tertiary/aromatic N) is 2. The Balaban J connectivity index is 3.78.